The minimum Gasteiger partial charge on any atom is -0.399 e. The molecular formula is C13H17N5O. The Morgan fingerprint density at radius 1 is 1.37 bits per heavy atom. The number of benzene rings is 1. The summed E-state index contributed by atoms with van der Waals surface area (Å²) in [5.74, 6) is 0.750. The topological polar surface area (TPSA) is 78.8 Å². The number of hydrogen-bond donors (Lipinski definition) is 1. The van der Waals surface area contributed by atoms with Crippen LogP contribution in [0.5, 0.6) is 0 Å². The van der Waals surface area contributed by atoms with Crippen LogP contribution in [-0.2, 0) is 10.3 Å². The molecule has 0 saturated carbocycles. The van der Waals surface area contributed by atoms with Gasteiger partial charge in [-0.3, -0.25) is 0 Å². The summed E-state index contributed by atoms with van der Waals surface area (Å²) in [4.78, 5) is 0. The second-order valence-electron chi connectivity index (χ2n) is 5.16. The maximum absolute atomic E-state index is 5.71. The molecule has 0 aliphatic carbocycles. The number of hydrogen-bond acceptors (Lipinski definition) is 5. The van der Waals surface area contributed by atoms with Crippen LogP contribution in [0.25, 0.3) is 11.4 Å². The fraction of sp³-hybridized carbons (Fsp3) is 0.462. The van der Waals surface area contributed by atoms with Crippen LogP contribution in [0, 0.1) is 0 Å². The van der Waals surface area contributed by atoms with Crippen molar-refractivity contribution in [1.82, 2.24) is 20.2 Å². The van der Waals surface area contributed by atoms with Crippen LogP contribution in [0.15, 0.2) is 24.3 Å². The molecule has 100 valence electrons. The Hall–Kier alpha value is -1.95. The second kappa shape index (κ2) is 4.31. The quantitative estimate of drug-likeness (QED) is 0.826. The molecule has 19 heavy (non-hydrogen) atoms. The zero-order valence-corrected chi connectivity index (χ0v) is 11.1. The van der Waals surface area contributed by atoms with Crippen LogP contribution >= 0.6 is 0 Å². The third-order valence-corrected chi connectivity index (χ3v) is 3.97. The van der Waals surface area contributed by atoms with Gasteiger partial charge < -0.3 is 10.5 Å². The van der Waals surface area contributed by atoms with Crippen LogP contribution in [0.2, 0.25) is 0 Å². The third kappa shape index (κ3) is 1.88. The van der Waals surface area contributed by atoms with E-state index in [1.807, 2.05) is 28.9 Å². The van der Waals surface area contributed by atoms with E-state index >= 15 is 0 Å². The lowest BCUT2D eigenvalue weighted by molar-refractivity contribution is 0.0706. The van der Waals surface area contributed by atoms with Gasteiger partial charge in [-0.2, -0.15) is 0 Å². The van der Waals surface area contributed by atoms with Gasteiger partial charge in [-0.1, -0.05) is 0 Å². The Balaban J connectivity index is 2.05. The Morgan fingerprint density at radius 2 is 2.11 bits per heavy atom. The summed E-state index contributed by atoms with van der Waals surface area (Å²) in [5, 5.41) is 12.1. The van der Waals surface area contributed by atoms with Gasteiger partial charge in [-0.05, 0) is 55.0 Å². The van der Waals surface area contributed by atoms with Crippen molar-refractivity contribution in [2.75, 3.05) is 12.3 Å². The predicted octanol–water partition coefficient (Wildman–Crippen LogP) is 1.45. The number of rotatable bonds is 2. The summed E-state index contributed by atoms with van der Waals surface area (Å²) in [6.07, 6.45) is 0.991. The van der Waals surface area contributed by atoms with Crippen molar-refractivity contribution in [2.45, 2.75) is 31.9 Å². The molecule has 2 N–H and O–H groups in total. The fourth-order valence-corrected chi connectivity index (χ4v) is 2.45. The van der Waals surface area contributed by atoms with Crippen molar-refractivity contribution in [3.63, 3.8) is 0 Å². The van der Waals surface area contributed by atoms with E-state index in [9.17, 15) is 0 Å². The fourth-order valence-electron chi connectivity index (χ4n) is 2.45. The molecular weight excluding hydrogens is 242 g/mol. The lowest BCUT2D eigenvalue weighted by atomic mass is 9.94. The van der Waals surface area contributed by atoms with Crippen LogP contribution in [0.1, 0.15) is 20.3 Å². The zero-order chi connectivity index (χ0) is 13.5. The number of nitrogens with zero attached hydrogens (tertiary/aromatic N) is 4. The van der Waals surface area contributed by atoms with E-state index in [4.69, 9.17) is 10.5 Å². The first kappa shape index (κ1) is 12.1. The normalized spacial score (nSPS) is 26.7. The van der Waals surface area contributed by atoms with Gasteiger partial charge in [0.15, 0.2) is 5.82 Å². The number of nitrogen functional groups attached to an aromatic ring is 1. The first-order chi connectivity index (χ1) is 9.11. The molecule has 1 aromatic carbocycles. The summed E-state index contributed by atoms with van der Waals surface area (Å²) in [6.45, 7) is 4.92. The summed E-state index contributed by atoms with van der Waals surface area (Å²) < 4.78 is 7.54. The first-order valence-corrected chi connectivity index (χ1v) is 6.37. The van der Waals surface area contributed by atoms with Crippen LogP contribution in [0.3, 0.4) is 0 Å². The minimum atomic E-state index is -0.208. The molecule has 0 radical (unpaired) electrons. The van der Waals surface area contributed by atoms with Gasteiger partial charge in [0, 0.05) is 17.9 Å². The Labute approximate surface area is 111 Å². The number of aromatic nitrogens is 4. The minimum absolute atomic E-state index is 0.0866. The monoisotopic (exact) mass is 259 g/mol. The first-order valence-electron chi connectivity index (χ1n) is 6.37. The number of ether oxygens (including phenoxy) is 1. The standard InChI is InChI=1S/C13H17N5O/c1-9-13(2,7-8-19-9)18-12(15-16-17-18)10-3-5-11(14)6-4-10/h3-6,9H,7-8,14H2,1-2H3. The van der Waals surface area contributed by atoms with E-state index in [0.717, 1.165) is 30.1 Å². The predicted molar refractivity (Wildman–Crippen MR) is 71.3 cm³/mol. The molecule has 2 atom stereocenters. The molecule has 6 nitrogen and oxygen atoms in total. The van der Waals surface area contributed by atoms with Crippen molar-refractivity contribution in [1.29, 1.82) is 0 Å². The van der Waals surface area contributed by atoms with E-state index in [1.165, 1.54) is 0 Å². The van der Waals surface area contributed by atoms with Gasteiger partial charge in [-0.25, -0.2) is 4.68 Å². The van der Waals surface area contributed by atoms with E-state index in [1.54, 1.807) is 0 Å². The molecule has 1 aromatic heterocycles. The molecule has 0 spiro atoms. The van der Waals surface area contributed by atoms with E-state index in [2.05, 4.69) is 29.4 Å². The molecule has 3 rings (SSSR count). The Morgan fingerprint density at radius 3 is 2.74 bits per heavy atom. The van der Waals surface area contributed by atoms with E-state index in [0.29, 0.717) is 0 Å². The van der Waals surface area contributed by atoms with E-state index in [-0.39, 0.29) is 11.6 Å². The van der Waals surface area contributed by atoms with Crippen molar-refractivity contribution >= 4 is 5.69 Å². The summed E-state index contributed by atoms with van der Waals surface area (Å²) >= 11 is 0. The van der Waals surface area contributed by atoms with Crippen molar-refractivity contribution in [2.24, 2.45) is 0 Å². The highest BCUT2D eigenvalue weighted by Crippen LogP contribution is 2.35. The van der Waals surface area contributed by atoms with E-state index < -0.39 is 0 Å². The lowest BCUT2D eigenvalue weighted by Gasteiger charge is -2.28. The highest BCUT2D eigenvalue weighted by Gasteiger charge is 2.41. The van der Waals surface area contributed by atoms with Crippen molar-refractivity contribution in [3.8, 4) is 11.4 Å². The molecule has 1 aliphatic heterocycles. The Kier molecular flexibility index (Phi) is 2.74. The molecule has 2 unspecified atom stereocenters. The maximum atomic E-state index is 5.71. The highest BCUT2D eigenvalue weighted by molar-refractivity contribution is 5.58. The van der Waals surface area contributed by atoms with Crippen LogP contribution in [-0.4, -0.2) is 32.9 Å². The average Bonchev–Trinajstić information content (AvgIpc) is 2.99. The molecule has 2 aromatic rings. The summed E-state index contributed by atoms with van der Waals surface area (Å²) in [6, 6.07) is 7.57. The van der Waals surface area contributed by atoms with Gasteiger partial charge >= 0.3 is 0 Å². The molecule has 2 heterocycles. The molecule has 1 aliphatic rings. The lowest BCUT2D eigenvalue weighted by Crippen LogP contribution is -2.38. The number of nitrogens with two attached hydrogens (primary N) is 1. The third-order valence-electron chi connectivity index (χ3n) is 3.97. The second-order valence-corrected chi connectivity index (χ2v) is 5.16. The van der Waals surface area contributed by atoms with Gasteiger partial charge in [0.25, 0.3) is 0 Å². The summed E-state index contributed by atoms with van der Waals surface area (Å²) in [5.41, 5.74) is 7.19. The van der Waals surface area contributed by atoms with Crippen molar-refractivity contribution in [3.05, 3.63) is 24.3 Å². The van der Waals surface area contributed by atoms with Crippen molar-refractivity contribution < 1.29 is 4.74 Å². The largest absolute Gasteiger partial charge is 0.399 e. The SMILES string of the molecule is CC1OCCC1(C)n1nnnc1-c1ccc(N)cc1. The van der Waals surface area contributed by atoms with Crippen LogP contribution in [0.4, 0.5) is 5.69 Å². The maximum Gasteiger partial charge on any atom is 0.182 e. The van der Waals surface area contributed by atoms with Gasteiger partial charge in [0.2, 0.25) is 0 Å². The molecule has 0 bridgehead atoms. The van der Waals surface area contributed by atoms with Gasteiger partial charge in [0.1, 0.15) is 0 Å². The molecule has 1 saturated heterocycles. The molecule has 1 fully saturated rings. The smallest absolute Gasteiger partial charge is 0.182 e. The highest BCUT2D eigenvalue weighted by atomic mass is 16.5. The number of tetrazole rings is 1. The van der Waals surface area contributed by atoms with Gasteiger partial charge in [0.05, 0.1) is 11.6 Å². The molecule has 6 heteroatoms. The Bertz CT molecular complexity index is 579. The number of anilines is 1. The van der Waals surface area contributed by atoms with Crippen LogP contribution < -0.4 is 5.73 Å². The van der Waals surface area contributed by atoms with Gasteiger partial charge in [-0.15, -0.1) is 5.10 Å². The average molecular weight is 259 g/mol. The summed E-state index contributed by atoms with van der Waals surface area (Å²) in [7, 11) is 0. The zero-order valence-electron chi connectivity index (χ0n) is 11.1. The molecule has 0 amide bonds.